The first-order chi connectivity index (χ1) is 14.3. The smallest absolute Gasteiger partial charge is 0.0816 e. The lowest BCUT2D eigenvalue weighted by molar-refractivity contribution is 0.141. The number of benzene rings is 2. The second-order valence-electron chi connectivity index (χ2n) is 7.67. The Labute approximate surface area is 187 Å². The van der Waals surface area contributed by atoms with E-state index in [0.29, 0.717) is 0 Å². The molecule has 30 heavy (non-hydrogen) atoms. The molecule has 6 heteroatoms. The standard InChI is InChI=1S/C24H25N3OS.ClH/c28-23(20-17-29-24-8-4-2-5-18(20)24)10-12-26-13-15-27(16-14-26)22-9-11-25-21-7-3-1-6-19(21)22;/h1-9,11,17,23,28H,10,12-16H2;1H. The van der Waals surface area contributed by atoms with Gasteiger partial charge in [0.2, 0.25) is 0 Å². The number of nitrogens with zero attached hydrogens (tertiary/aromatic N) is 3. The van der Waals surface area contributed by atoms with Crippen LogP contribution >= 0.6 is 23.7 Å². The Morgan fingerprint density at radius 1 is 0.933 bits per heavy atom. The van der Waals surface area contributed by atoms with Gasteiger partial charge in [-0.25, -0.2) is 0 Å². The van der Waals surface area contributed by atoms with E-state index in [1.807, 2.05) is 18.3 Å². The molecule has 1 unspecified atom stereocenters. The second-order valence-corrected chi connectivity index (χ2v) is 8.58. The minimum Gasteiger partial charge on any atom is -0.388 e. The first kappa shape index (κ1) is 21.1. The molecule has 1 saturated heterocycles. The monoisotopic (exact) mass is 439 g/mol. The van der Waals surface area contributed by atoms with Crippen LogP contribution in [0.5, 0.6) is 0 Å². The number of rotatable bonds is 5. The Bertz CT molecular complexity index is 1120. The number of para-hydroxylation sites is 1. The summed E-state index contributed by atoms with van der Waals surface area (Å²) < 4.78 is 1.25. The van der Waals surface area contributed by atoms with Crippen molar-refractivity contribution in [2.75, 3.05) is 37.6 Å². The number of aliphatic hydroxyl groups excluding tert-OH is 1. The van der Waals surface area contributed by atoms with E-state index in [0.717, 1.165) is 50.2 Å². The molecule has 1 fully saturated rings. The lowest BCUT2D eigenvalue weighted by atomic mass is 10.1. The third-order valence-electron chi connectivity index (χ3n) is 5.93. The van der Waals surface area contributed by atoms with Crippen molar-refractivity contribution < 1.29 is 5.11 Å². The molecule has 2 aromatic heterocycles. The Kier molecular flexibility index (Phi) is 6.54. The summed E-state index contributed by atoms with van der Waals surface area (Å²) in [5.74, 6) is 0. The number of aromatic nitrogens is 1. The van der Waals surface area contributed by atoms with Crippen LogP contribution in [0.25, 0.3) is 21.0 Å². The SMILES string of the molecule is Cl.OC(CCN1CCN(c2ccnc3ccccc23)CC1)c1csc2ccccc12. The molecule has 0 radical (unpaired) electrons. The van der Waals surface area contributed by atoms with E-state index in [4.69, 9.17) is 0 Å². The third-order valence-corrected chi connectivity index (χ3v) is 6.91. The first-order valence-corrected chi connectivity index (χ1v) is 11.1. The molecule has 2 aromatic carbocycles. The fraction of sp³-hybridized carbons (Fsp3) is 0.292. The van der Waals surface area contributed by atoms with Gasteiger partial charge in [0.25, 0.3) is 0 Å². The van der Waals surface area contributed by atoms with Gasteiger partial charge in [-0.3, -0.25) is 9.88 Å². The summed E-state index contributed by atoms with van der Waals surface area (Å²) in [5, 5.41) is 15.3. The summed E-state index contributed by atoms with van der Waals surface area (Å²) in [7, 11) is 0. The minimum atomic E-state index is -0.395. The van der Waals surface area contributed by atoms with Gasteiger partial charge in [-0.2, -0.15) is 0 Å². The number of hydrogen-bond donors (Lipinski definition) is 1. The van der Waals surface area contributed by atoms with Crippen LogP contribution in [-0.2, 0) is 0 Å². The third kappa shape index (κ3) is 4.16. The molecule has 1 atom stereocenters. The first-order valence-electron chi connectivity index (χ1n) is 10.2. The van der Waals surface area contributed by atoms with Crippen molar-refractivity contribution >= 4 is 50.4 Å². The Hall–Kier alpha value is -2.18. The highest BCUT2D eigenvalue weighted by Crippen LogP contribution is 2.32. The predicted molar refractivity (Wildman–Crippen MR) is 129 cm³/mol. The van der Waals surface area contributed by atoms with Crippen molar-refractivity contribution in [2.24, 2.45) is 0 Å². The lowest BCUT2D eigenvalue weighted by Crippen LogP contribution is -2.46. The summed E-state index contributed by atoms with van der Waals surface area (Å²) in [6.45, 7) is 4.98. The summed E-state index contributed by atoms with van der Waals surface area (Å²) >= 11 is 1.72. The van der Waals surface area contributed by atoms with Gasteiger partial charge in [-0.15, -0.1) is 23.7 Å². The summed E-state index contributed by atoms with van der Waals surface area (Å²) in [6, 6.07) is 18.8. The van der Waals surface area contributed by atoms with E-state index in [1.54, 1.807) is 11.3 Å². The van der Waals surface area contributed by atoms with Crippen LogP contribution in [0.2, 0.25) is 0 Å². The van der Waals surface area contributed by atoms with Crippen molar-refractivity contribution in [2.45, 2.75) is 12.5 Å². The normalized spacial score (nSPS) is 16.0. The quantitative estimate of drug-likeness (QED) is 0.468. The highest BCUT2D eigenvalue weighted by molar-refractivity contribution is 7.17. The zero-order valence-corrected chi connectivity index (χ0v) is 18.4. The van der Waals surface area contributed by atoms with Crippen LogP contribution in [0.3, 0.4) is 0 Å². The van der Waals surface area contributed by atoms with Gasteiger partial charge in [-0.05, 0) is 40.9 Å². The maximum absolute atomic E-state index is 10.7. The zero-order chi connectivity index (χ0) is 19.6. The number of fused-ring (bicyclic) bond motifs is 2. The number of pyridine rings is 1. The molecule has 156 valence electrons. The molecule has 4 aromatic rings. The molecular formula is C24H26ClN3OS. The van der Waals surface area contributed by atoms with Gasteiger partial charge in [0.05, 0.1) is 11.6 Å². The highest BCUT2D eigenvalue weighted by atomic mass is 35.5. The van der Waals surface area contributed by atoms with Crippen LogP contribution in [-0.4, -0.2) is 47.7 Å². The molecule has 1 aliphatic rings. The van der Waals surface area contributed by atoms with Gasteiger partial charge in [0, 0.05) is 54.7 Å². The van der Waals surface area contributed by atoms with Crippen molar-refractivity contribution in [3.63, 3.8) is 0 Å². The number of aliphatic hydroxyl groups is 1. The number of thiophene rings is 1. The molecule has 0 aliphatic carbocycles. The summed E-state index contributed by atoms with van der Waals surface area (Å²) in [6.07, 6.45) is 2.29. The van der Waals surface area contributed by atoms with Crippen molar-refractivity contribution in [3.8, 4) is 0 Å². The predicted octanol–water partition coefficient (Wildman–Crippen LogP) is 5.12. The van der Waals surface area contributed by atoms with Crippen LogP contribution in [0.15, 0.2) is 66.2 Å². The number of hydrogen-bond acceptors (Lipinski definition) is 5. The van der Waals surface area contributed by atoms with Gasteiger partial charge in [0.15, 0.2) is 0 Å². The fourth-order valence-electron chi connectivity index (χ4n) is 4.29. The fourth-order valence-corrected chi connectivity index (χ4v) is 5.29. The molecule has 0 saturated carbocycles. The number of anilines is 1. The Morgan fingerprint density at radius 3 is 2.50 bits per heavy atom. The molecule has 1 N–H and O–H groups in total. The van der Waals surface area contributed by atoms with Crippen LogP contribution in [0, 0.1) is 0 Å². The van der Waals surface area contributed by atoms with Crippen LogP contribution in [0.4, 0.5) is 5.69 Å². The zero-order valence-electron chi connectivity index (χ0n) is 16.8. The van der Waals surface area contributed by atoms with E-state index < -0.39 is 6.10 Å². The molecule has 0 bridgehead atoms. The van der Waals surface area contributed by atoms with Gasteiger partial charge >= 0.3 is 0 Å². The van der Waals surface area contributed by atoms with E-state index in [-0.39, 0.29) is 12.4 Å². The van der Waals surface area contributed by atoms with Gasteiger partial charge in [0.1, 0.15) is 0 Å². The molecule has 5 rings (SSSR count). The molecular weight excluding hydrogens is 414 g/mol. The number of halogens is 1. The topological polar surface area (TPSA) is 39.6 Å². The van der Waals surface area contributed by atoms with Crippen molar-refractivity contribution in [1.29, 1.82) is 0 Å². The maximum atomic E-state index is 10.7. The average molecular weight is 440 g/mol. The molecule has 3 heterocycles. The second kappa shape index (κ2) is 9.31. The summed E-state index contributed by atoms with van der Waals surface area (Å²) in [5.41, 5.74) is 3.41. The molecule has 4 nitrogen and oxygen atoms in total. The molecule has 0 amide bonds. The van der Waals surface area contributed by atoms with E-state index >= 15 is 0 Å². The number of piperazine rings is 1. The Morgan fingerprint density at radius 2 is 1.67 bits per heavy atom. The Balaban J connectivity index is 0.00000218. The van der Waals surface area contributed by atoms with Gasteiger partial charge < -0.3 is 10.0 Å². The maximum Gasteiger partial charge on any atom is 0.0816 e. The van der Waals surface area contributed by atoms with Crippen molar-refractivity contribution in [3.05, 3.63) is 71.7 Å². The lowest BCUT2D eigenvalue weighted by Gasteiger charge is -2.36. The van der Waals surface area contributed by atoms with E-state index in [2.05, 4.69) is 62.6 Å². The minimum absolute atomic E-state index is 0. The largest absolute Gasteiger partial charge is 0.388 e. The highest BCUT2D eigenvalue weighted by Gasteiger charge is 2.20. The van der Waals surface area contributed by atoms with Gasteiger partial charge in [-0.1, -0.05) is 36.4 Å². The molecule has 1 aliphatic heterocycles. The van der Waals surface area contributed by atoms with E-state index in [1.165, 1.54) is 21.2 Å². The van der Waals surface area contributed by atoms with Crippen molar-refractivity contribution in [1.82, 2.24) is 9.88 Å². The van der Waals surface area contributed by atoms with Crippen LogP contribution < -0.4 is 4.90 Å². The van der Waals surface area contributed by atoms with Crippen LogP contribution in [0.1, 0.15) is 18.1 Å². The van der Waals surface area contributed by atoms with E-state index in [9.17, 15) is 5.11 Å². The summed E-state index contributed by atoms with van der Waals surface area (Å²) in [4.78, 5) is 9.41. The average Bonchev–Trinajstić information content (AvgIpc) is 3.22. The molecule has 0 spiro atoms.